The van der Waals surface area contributed by atoms with E-state index in [2.05, 4.69) is 10.6 Å². The van der Waals surface area contributed by atoms with Crippen LogP contribution in [0.1, 0.15) is 18.9 Å². The largest absolute Gasteiger partial charge is 0.393 e. The molecule has 0 saturated carbocycles. The Balaban J connectivity index is 1.87. The number of nitrogens with zero attached hydrogens (tertiary/aromatic N) is 1. The first-order chi connectivity index (χ1) is 15.0. The summed E-state index contributed by atoms with van der Waals surface area (Å²) in [4.78, 5) is 35.7. The molecule has 3 heterocycles. The van der Waals surface area contributed by atoms with Crippen molar-refractivity contribution in [1.82, 2.24) is 10.6 Å². The van der Waals surface area contributed by atoms with E-state index >= 15 is 0 Å². The molecule has 1 aromatic rings. The normalized spacial score (nSPS) is 29.7. The number of fused-ring (bicyclic) bond motifs is 5. The number of ether oxygens (including phenoxy) is 1. The van der Waals surface area contributed by atoms with Crippen molar-refractivity contribution in [3.63, 3.8) is 0 Å². The smallest absolute Gasteiger partial charge is 0.280 e. The van der Waals surface area contributed by atoms with Crippen LogP contribution in [0.2, 0.25) is 0 Å². The maximum Gasteiger partial charge on any atom is 0.280 e. The fourth-order valence-electron chi connectivity index (χ4n) is 3.44. The second kappa shape index (κ2) is 8.41. The van der Waals surface area contributed by atoms with Gasteiger partial charge in [0.2, 0.25) is 5.72 Å². The number of aliphatic hydroxyl groups excluding tert-OH is 2. The summed E-state index contributed by atoms with van der Waals surface area (Å²) in [5.41, 5.74) is -6.40. The second-order valence-electron chi connectivity index (χ2n) is 7.77. The monoisotopic (exact) mass is 449 g/mol. The Hall–Kier alpha value is -3.16. The molecule has 4 rings (SSSR count). The van der Waals surface area contributed by atoms with Crippen molar-refractivity contribution in [1.29, 1.82) is 0 Å². The second-order valence-corrected chi connectivity index (χ2v) is 7.77. The molecule has 3 fully saturated rings. The van der Waals surface area contributed by atoms with Gasteiger partial charge in [-0.1, -0.05) is 18.2 Å². The number of non-ortho nitro benzene ring substituents is 1. The zero-order chi connectivity index (χ0) is 23.7. The minimum absolute atomic E-state index is 0.0233. The quantitative estimate of drug-likeness (QED) is 0.226. The molecule has 12 nitrogen and oxygen atoms in total. The van der Waals surface area contributed by atoms with Crippen LogP contribution in [-0.2, 0) is 14.3 Å². The lowest BCUT2D eigenvalue weighted by molar-refractivity contribution is -0.384. The van der Waals surface area contributed by atoms with E-state index in [1.165, 1.54) is 36.4 Å². The lowest BCUT2D eigenvalue weighted by Crippen LogP contribution is -2.82. The average Bonchev–Trinajstić information content (AvgIpc) is 2.75. The van der Waals surface area contributed by atoms with Gasteiger partial charge in [-0.3, -0.25) is 19.7 Å². The highest BCUT2D eigenvalue weighted by molar-refractivity contribution is 6.03. The van der Waals surface area contributed by atoms with E-state index in [9.17, 15) is 40.1 Å². The molecule has 2 bridgehead atoms. The van der Waals surface area contributed by atoms with Gasteiger partial charge >= 0.3 is 0 Å². The fraction of sp³-hybridized carbons (Fsp3) is 0.400. The number of piperazine rings is 1. The van der Waals surface area contributed by atoms with Crippen molar-refractivity contribution in [2.75, 3.05) is 13.2 Å². The predicted octanol–water partition coefficient (Wildman–Crippen LogP) is -1.31. The Morgan fingerprint density at radius 1 is 1.28 bits per heavy atom. The summed E-state index contributed by atoms with van der Waals surface area (Å²) in [6.45, 7) is -0.0832. The summed E-state index contributed by atoms with van der Waals surface area (Å²) < 4.78 is 5.46. The molecule has 0 aromatic heterocycles. The molecule has 3 saturated heterocycles. The van der Waals surface area contributed by atoms with Crippen LogP contribution < -0.4 is 10.6 Å². The zero-order valence-electron chi connectivity index (χ0n) is 17.0. The molecule has 0 aliphatic carbocycles. The predicted molar refractivity (Wildman–Crippen MR) is 108 cm³/mol. The Bertz CT molecular complexity index is 989. The number of hydrogen-bond donors (Lipinski definition) is 6. The van der Waals surface area contributed by atoms with E-state index < -0.39 is 46.5 Å². The number of nitro groups is 1. The molecular formula is C20H23N3O9. The van der Waals surface area contributed by atoms with Gasteiger partial charge < -0.3 is 35.8 Å². The van der Waals surface area contributed by atoms with E-state index in [4.69, 9.17) is 4.74 Å². The van der Waals surface area contributed by atoms with Gasteiger partial charge in [0.1, 0.15) is 11.7 Å². The summed E-state index contributed by atoms with van der Waals surface area (Å²) in [5.74, 6) is -2.20. The molecule has 32 heavy (non-hydrogen) atoms. The van der Waals surface area contributed by atoms with E-state index in [0.29, 0.717) is 5.56 Å². The van der Waals surface area contributed by atoms with E-state index in [1.807, 2.05) is 0 Å². The number of carbonyl (C=O) groups is 2. The number of allylic oxidation sites excluding steroid dienone is 2. The lowest BCUT2D eigenvalue weighted by Gasteiger charge is -2.49. The number of nitro benzene ring substituents is 1. The van der Waals surface area contributed by atoms with Crippen LogP contribution in [0, 0.1) is 10.1 Å². The number of rotatable bonds is 6. The Kier molecular flexibility index (Phi) is 6.18. The number of amides is 2. The summed E-state index contributed by atoms with van der Waals surface area (Å²) in [5, 5.41) is 55.9. The van der Waals surface area contributed by atoms with Gasteiger partial charge in [0.15, 0.2) is 0 Å². The maximum atomic E-state index is 12.8. The van der Waals surface area contributed by atoms with Gasteiger partial charge in [0.05, 0.1) is 18.1 Å². The molecule has 12 heteroatoms. The minimum atomic E-state index is -2.44. The SMILES string of the molecule is C[C@](O)(CO)[C@H](O)[C@@]12NC(=O)[C@@](O)(NC1=O)/C(=C/C=C/c1ccc([N+](=O)[O-])cc1)CCO2. The highest BCUT2D eigenvalue weighted by Crippen LogP contribution is 2.33. The van der Waals surface area contributed by atoms with Gasteiger partial charge in [-0.15, -0.1) is 0 Å². The van der Waals surface area contributed by atoms with Crippen molar-refractivity contribution >= 4 is 23.6 Å². The number of carbonyl (C=O) groups excluding carboxylic acids is 2. The van der Waals surface area contributed by atoms with Gasteiger partial charge in [0, 0.05) is 12.1 Å². The summed E-state index contributed by atoms with van der Waals surface area (Å²) in [7, 11) is 0. The molecule has 0 radical (unpaired) electrons. The fourth-order valence-corrected chi connectivity index (χ4v) is 3.44. The van der Waals surface area contributed by atoms with Crippen LogP contribution in [0.5, 0.6) is 0 Å². The van der Waals surface area contributed by atoms with Crippen LogP contribution in [0.15, 0.2) is 42.0 Å². The van der Waals surface area contributed by atoms with Crippen LogP contribution in [0.3, 0.4) is 0 Å². The molecule has 3 aliphatic rings. The van der Waals surface area contributed by atoms with Gasteiger partial charge in [-0.05, 0) is 36.6 Å². The topological polar surface area (TPSA) is 191 Å². The van der Waals surface area contributed by atoms with Crippen molar-refractivity contribution in [2.45, 2.75) is 36.5 Å². The van der Waals surface area contributed by atoms with Crippen LogP contribution in [0.4, 0.5) is 5.69 Å². The van der Waals surface area contributed by atoms with Gasteiger partial charge in [-0.25, -0.2) is 0 Å². The first-order valence-electron chi connectivity index (χ1n) is 9.61. The Morgan fingerprint density at radius 3 is 2.53 bits per heavy atom. The summed E-state index contributed by atoms with van der Waals surface area (Å²) in [6, 6.07) is 5.68. The first-order valence-corrected chi connectivity index (χ1v) is 9.61. The molecule has 172 valence electrons. The van der Waals surface area contributed by atoms with Gasteiger partial charge in [-0.2, -0.15) is 0 Å². The highest BCUT2D eigenvalue weighted by Gasteiger charge is 2.63. The van der Waals surface area contributed by atoms with E-state index in [0.717, 1.165) is 6.92 Å². The van der Waals surface area contributed by atoms with E-state index in [-0.39, 0.29) is 24.3 Å². The summed E-state index contributed by atoms with van der Waals surface area (Å²) >= 11 is 0. The Labute approximate surface area is 182 Å². The molecule has 0 spiro atoms. The number of aliphatic hydroxyl groups is 4. The van der Waals surface area contributed by atoms with Crippen LogP contribution >= 0.6 is 0 Å². The lowest BCUT2D eigenvalue weighted by atomic mass is 9.84. The van der Waals surface area contributed by atoms with Crippen LogP contribution in [0.25, 0.3) is 6.08 Å². The number of benzene rings is 1. The maximum absolute atomic E-state index is 12.8. The van der Waals surface area contributed by atoms with Crippen molar-refractivity contribution in [3.8, 4) is 0 Å². The average molecular weight is 449 g/mol. The molecule has 1 aromatic carbocycles. The Morgan fingerprint density at radius 2 is 1.94 bits per heavy atom. The van der Waals surface area contributed by atoms with Crippen molar-refractivity contribution < 1.29 is 39.7 Å². The van der Waals surface area contributed by atoms with E-state index in [1.54, 1.807) is 6.08 Å². The molecular weight excluding hydrogens is 426 g/mol. The molecule has 2 amide bonds. The third-order valence-corrected chi connectivity index (χ3v) is 5.41. The molecule has 4 atom stereocenters. The third-order valence-electron chi connectivity index (χ3n) is 5.41. The number of nitrogens with one attached hydrogen (secondary N) is 2. The third kappa shape index (κ3) is 4.01. The van der Waals surface area contributed by atoms with Crippen molar-refractivity contribution in [3.05, 3.63) is 57.7 Å². The zero-order valence-corrected chi connectivity index (χ0v) is 17.0. The van der Waals surface area contributed by atoms with Crippen molar-refractivity contribution in [2.24, 2.45) is 0 Å². The molecule has 6 N–H and O–H groups in total. The van der Waals surface area contributed by atoms with Crippen LogP contribution in [-0.4, -0.2) is 73.5 Å². The summed E-state index contributed by atoms with van der Waals surface area (Å²) in [6.07, 6.45) is 2.40. The highest BCUT2D eigenvalue weighted by atomic mass is 16.6. The van der Waals surface area contributed by atoms with Gasteiger partial charge in [0.25, 0.3) is 23.2 Å². The minimum Gasteiger partial charge on any atom is -0.393 e. The molecule has 0 unspecified atom stereocenters. The number of hydrogen-bond acceptors (Lipinski definition) is 9. The standard InChI is InChI=1S/C20H23N3O9/c1-18(28,11-24)15(25)20-17(27)21-19(29,16(26)22-20)13(9-10-32-20)4-2-3-12-5-7-14(8-6-12)23(30)31/h2-8,15,24-25,28-29H,9-11H2,1H3,(H,21,27)(H,22,26)/b3-2+,13-4+/t15-,18-,19+,20-/m0/s1. The molecule has 3 aliphatic heterocycles. The first kappa shape index (κ1) is 23.5.